The highest BCUT2D eigenvalue weighted by Gasteiger charge is 2.05. The minimum absolute atomic E-state index is 0.0517. The van der Waals surface area contributed by atoms with Crippen LogP contribution in [-0.2, 0) is 6.42 Å². The number of pyridine rings is 1. The first-order valence-electron chi connectivity index (χ1n) is 5.73. The normalized spacial score (nSPS) is 10.0. The molecule has 1 amide bonds. The van der Waals surface area contributed by atoms with E-state index in [1.165, 1.54) is 23.9 Å². The molecule has 0 aliphatic carbocycles. The number of nitrogens with one attached hydrogen (secondary N) is 1. The van der Waals surface area contributed by atoms with Gasteiger partial charge in [0.05, 0.1) is 6.20 Å². The van der Waals surface area contributed by atoms with Crippen LogP contribution in [0.3, 0.4) is 0 Å². The van der Waals surface area contributed by atoms with Crippen molar-refractivity contribution < 1.29 is 9.90 Å². The highest BCUT2D eigenvalue weighted by atomic mass is 16.3. The lowest BCUT2D eigenvalue weighted by Crippen LogP contribution is -2.26. The quantitative estimate of drug-likeness (QED) is 0.858. The highest BCUT2D eigenvalue weighted by Crippen LogP contribution is 2.05. The number of amides is 1. The van der Waals surface area contributed by atoms with Gasteiger partial charge in [0.1, 0.15) is 11.4 Å². The Morgan fingerprint density at radius 3 is 2.61 bits per heavy atom. The second-order valence-electron chi connectivity index (χ2n) is 3.89. The van der Waals surface area contributed by atoms with Crippen molar-refractivity contribution in [2.45, 2.75) is 6.42 Å². The summed E-state index contributed by atoms with van der Waals surface area (Å²) in [7, 11) is 0. The Hall–Kier alpha value is -2.36. The lowest BCUT2D eigenvalue weighted by Gasteiger charge is -2.04. The van der Waals surface area contributed by atoms with Gasteiger partial charge in [0.25, 0.3) is 5.91 Å². The summed E-state index contributed by atoms with van der Waals surface area (Å²) in [5.74, 6) is -0.179. The molecule has 0 radical (unpaired) electrons. The molecule has 0 aliphatic heterocycles. The van der Waals surface area contributed by atoms with E-state index in [4.69, 9.17) is 5.11 Å². The zero-order valence-electron chi connectivity index (χ0n) is 9.84. The number of aromatic hydroxyl groups is 1. The topological polar surface area (TPSA) is 62.2 Å². The van der Waals surface area contributed by atoms with E-state index >= 15 is 0 Å². The summed E-state index contributed by atoms with van der Waals surface area (Å²) < 4.78 is 0. The maximum atomic E-state index is 11.7. The Labute approximate surface area is 105 Å². The standard InChI is InChI=1S/C14H14N2O2/c17-12-6-7-13(16-10-12)14(18)15-9-8-11-4-2-1-3-5-11/h1-7,10,17H,8-9H2,(H,15,18). The number of benzene rings is 1. The van der Waals surface area contributed by atoms with Crippen molar-refractivity contribution in [2.75, 3.05) is 6.54 Å². The number of hydrogen-bond acceptors (Lipinski definition) is 3. The van der Waals surface area contributed by atoms with Crippen molar-refractivity contribution >= 4 is 5.91 Å². The minimum Gasteiger partial charge on any atom is -0.506 e. The lowest BCUT2D eigenvalue weighted by molar-refractivity contribution is 0.0949. The van der Waals surface area contributed by atoms with Crippen LogP contribution in [0.1, 0.15) is 16.1 Å². The first-order valence-corrected chi connectivity index (χ1v) is 5.73. The second-order valence-corrected chi connectivity index (χ2v) is 3.89. The monoisotopic (exact) mass is 242 g/mol. The molecule has 0 saturated heterocycles. The number of rotatable bonds is 4. The van der Waals surface area contributed by atoms with Crippen molar-refractivity contribution in [3.8, 4) is 5.75 Å². The maximum Gasteiger partial charge on any atom is 0.269 e. The number of hydrogen-bond donors (Lipinski definition) is 2. The van der Waals surface area contributed by atoms with E-state index in [0.29, 0.717) is 12.2 Å². The molecule has 2 aromatic rings. The van der Waals surface area contributed by atoms with Gasteiger partial charge in [0.2, 0.25) is 0 Å². The Morgan fingerprint density at radius 2 is 1.94 bits per heavy atom. The van der Waals surface area contributed by atoms with Crippen LogP contribution in [-0.4, -0.2) is 22.5 Å². The van der Waals surface area contributed by atoms with Gasteiger partial charge in [-0.2, -0.15) is 0 Å². The highest BCUT2D eigenvalue weighted by molar-refractivity contribution is 5.92. The smallest absolute Gasteiger partial charge is 0.269 e. The summed E-state index contributed by atoms with van der Waals surface area (Å²) in [5, 5.41) is 11.9. The van der Waals surface area contributed by atoms with Crippen LogP contribution in [0.15, 0.2) is 48.7 Å². The number of carbonyl (C=O) groups is 1. The number of carbonyl (C=O) groups excluding carboxylic acids is 1. The van der Waals surface area contributed by atoms with Gasteiger partial charge in [-0.3, -0.25) is 4.79 Å². The molecule has 0 aliphatic rings. The molecule has 1 aromatic carbocycles. The average Bonchev–Trinajstić information content (AvgIpc) is 2.40. The maximum absolute atomic E-state index is 11.7. The summed E-state index contributed by atoms with van der Waals surface area (Å²) in [4.78, 5) is 15.5. The summed E-state index contributed by atoms with van der Waals surface area (Å²) in [6.45, 7) is 0.561. The minimum atomic E-state index is -0.231. The zero-order valence-corrected chi connectivity index (χ0v) is 9.84. The van der Waals surface area contributed by atoms with Crippen molar-refractivity contribution in [3.63, 3.8) is 0 Å². The summed E-state index contributed by atoms with van der Waals surface area (Å²) >= 11 is 0. The second kappa shape index (κ2) is 5.82. The van der Waals surface area contributed by atoms with Crippen molar-refractivity contribution in [2.24, 2.45) is 0 Å². The fraction of sp³-hybridized carbons (Fsp3) is 0.143. The van der Waals surface area contributed by atoms with E-state index in [2.05, 4.69) is 10.3 Å². The molecule has 0 unspecified atom stereocenters. The Kier molecular flexibility index (Phi) is 3.91. The third kappa shape index (κ3) is 3.31. The molecule has 4 heteroatoms. The van der Waals surface area contributed by atoms with Crippen LogP contribution in [0.4, 0.5) is 0 Å². The Morgan fingerprint density at radius 1 is 1.17 bits per heavy atom. The zero-order chi connectivity index (χ0) is 12.8. The molecule has 1 heterocycles. The third-order valence-corrected chi connectivity index (χ3v) is 2.52. The van der Waals surface area contributed by atoms with E-state index in [-0.39, 0.29) is 11.7 Å². The summed E-state index contributed by atoms with van der Waals surface area (Å²) in [6.07, 6.45) is 2.04. The van der Waals surface area contributed by atoms with Crippen LogP contribution < -0.4 is 5.32 Å². The van der Waals surface area contributed by atoms with Gasteiger partial charge in [-0.25, -0.2) is 4.98 Å². The predicted octanol–water partition coefficient (Wildman–Crippen LogP) is 1.76. The first-order chi connectivity index (χ1) is 8.75. The van der Waals surface area contributed by atoms with E-state index in [9.17, 15) is 4.79 Å². The van der Waals surface area contributed by atoms with E-state index in [1.807, 2.05) is 30.3 Å². The molecular formula is C14H14N2O2. The van der Waals surface area contributed by atoms with Crippen LogP contribution in [0, 0.1) is 0 Å². The van der Waals surface area contributed by atoms with Gasteiger partial charge in [-0.15, -0.1) is 0 Å². The van der Waals surface area contributed by atoms with Gasteiger partial charge in [-0.05, 0) is 24.1 Å². The molecule has 1 aromatic heterocycles. The summed E-state index contributed by atoms with van der Waals surface area (Å²) in [5.41, 5.74) is 1.48. The van der Waals surface area contributed by atoms with Gasteiger partial charge >= 0.3 is 0 Å². The summed E-state index contributed by atoms with van der Waals surface area (Å²) in [6, 6.07) is 12.9. The molecule has 0 saturated carbocycles. The molecule has 18 heavy (non-hydrogen) atoms. The molecule has 0 fully saturated rings. The molecular weight excluding hydrogens is 228 g/mol. The van der Waals surface area contributed by atoms with Crippen LogP contribution in [0.25, 0.3) is 0 Å². The predicted molar refractivity (Wildman–Crippen MR) is 68.4 cm³/mol. The van der Waals surface area contributed by atoms with Crippen molar-refractivity contribution in [1.82, 2.24) is 10.3 Å². The lowest BCUT2D eigenvalue weighted by atomic mass is 10.1. The van der Waals surface area contributed by atoms with Crippen molar-refractivity contribution in [1.29, 1.82) is 0 Å². The van der Waals surface area contributed by atoms with E-state index in [1.54, 1.807) is 0 Å². The van der Waals surface area contributed by atoms with Gasteiger partial charge in [-0.1, -0.05) is 30.3 Å². The number of nitrogens with zero attached hydrogens (tertiary/aromatic N) is 1. The van der Waals surface area contributed by atoms with Crippen molar-refractivity contribution in [3.05, 3.63) is 59.9 Å². The molecule has 2 rings (SSSR count). The Balaban J connectivity index is 1.84. The van der Waals surface area contributed by atoms with Crippen LogP contribution in [0.5, 0.6) is 5.75 Å². The Bertz CT molecular complexity index is 509. The molecule has 0 bridgehead atoms. The van der Waals surface area contributed by atoms with Gasteiger partial charge in [0.15, 0.2) is 0 Å². The molecule has 0 atom stereocenters. The molecule has 4 nitrogen and oxygen atoms in total. The van der Waals surface area contributed by atoms with Gasteiger partial charge in [0, 0.05) is 6.54 Å². The molecule has 0 spiro atoms. The SMILES string of the molecule is O=C(NCCc1ccccc1)c1ccc(O)cn1. The average molecular weight is 242 g/mol. The fourth-order valence-electron chi connectivity index (χ4n) is 1.58. The third-order valence-electron chi connectivity index (χ3n) is 2.52. The van der Waals surface area contributed by atoms with Crippen LogP contribution >= 0.6 is 0 Å². The largest absolute Gasteiger partial charge is 0.506 e. The van der Waals surface area contributed by atoms with Crippen LogP contribution in [0.2, 0.25) is 0 Å². The molecule has 92 valence electrons. The fourth-order valence-corrected chi connectivity index (χ4v) is 1.58. The van der Waals surface area contributed by atoms with E-state index < -0.39 is 0 Å². The van der Waals surface area contributed by atoms with Gasteiger partial charge < -0.3 is 10.4 Å². The molecule has 2 N–H and O–H groups in total. The number of aromatic nitrogens is 1. The first kappa shape index (κ1) is 12.1. The van der Waals surface area contributed by atoms with E-state index in [0.717, 1.165) is 6.42 Å².